The molecule has 1 spiro atoms. The minimum Gasteiger partial charge on any atom is -0.505 e. The maximum Gasteiger partial charge on any atom is 0.227 e. The highest BCUT2D eigenvalue weighted by molar-refractivity contribution is 5.79. The van der Waals surface area contributed by atoms with Crippen LogP contribution in [0.1, 0.15) is 37.7 Å². The van der Waals surface area contributed by atoms with Gasteiger partial charge in [-0.25, -0.2) is 4.39 Å². The molecule has 1 saturated heterocycles. The summed E-state index contributed by atoms with van der Waals surface area (Å²) in [7, 11) is 0. The molecule has 3 rings (SSSR count). The van der Waals surface area contributed by atoms with Crippen LogP contribution >= 0.6 is 0 Å². The van der Waals surface area contributed by atoms with Crippen molar-refractivity contribution in [1.29, 1.82) is 0 Å². The minimum absolute atomic E-state index is 0.0386. The van der Waals surface area contributed by atoms with E-state index in [-0.39, 0.29) is 23.8 Å². The Kier molecular flexibility index (Phi) is 4.08. The summed E-state index contributed by atoms with van der Waals surface area (Å²) in [5, 5.41) is 19.4. The Morgan fingerprint density at radius 1 is 1.36 bits per heavy atom. The number of likely N-dealkylation sites (tertiary alicyclic amines) is 1. The maximum atomic E-state index is 13.4. The van der Waals surface area contributed by atoms with Crippen molar-refractivity contribution in [2.75, 3.05) is 13.1 Å². The van der Waals surface area contributed by atoms with Crippen molar-refractivity contribution in [3.8, 4) is 5.75 Å². The van der Waals surface area contributed by atoms with E-state index < -0.39 is 11.6 Å². The van der Waals surface area contributed by atoms with Crippen molar-refractivity contribution >= 4 is 5.91 Å². The molecular weight excluding hydrogens is 285 g/mol. The zero-order chi connectivity index (χ0) is 15.7. The van der Waals surface area contributed by atoms with E-state index in [2.05, 4.69) is 0 Å². The summed E-state index contributed by atoms with van der Waals surface area (Å²) in [6.07, 6.45) is 4.53. The number of halogens is 1. The summed E-state index contributed by atoms with van der Waals surface area (Å²) in [4.78, 5) is 14.3. The Balaban J connectivity index is 1.68. The molecule has 0 radical (unpaired) electrons. The molecule has 120 valence electrons. The lowest BCUT2D eigenvalue weighted by molar-refractivity contribution is -0.135. The van der Waals surface area contributed by atoms with Gasteiger partial charge in [0.15, 0.2) is 11.6 Å². The van der Waals surface area contributed by atoms with Crippen LogP contribution in [-0.4, -0.2) is 40.2 Å². The molecule has 1 amide bonds. The number of rotatable bonds is 2. The highest BCUT2D eigenvalue weighted by Crippen LogP contribution is 2.45. The average molecular weight is 307 g/mol. The molecule has 1 aliphatic heterocycles. The fourth-order valence-corrected chi connectivity index (χ4v) is 3.92. The van der Waals surface area contributed by atoms with E-state index in [0.29, 0.717) is 18.7 Å². The van der Waals surface area contributed by atoms with E-state index in [9.17, 15) is 19.4 Å². The topological polar surface area (TPSA) is 60.8 Å². The van der Waals surface area contributed by atoms with E-state index in [0.717, 1.165) is 32.1 Å². The maximum absolute atomic E-state index is 13.4. The highest BCUT2D eigenvalue weighted by atomic mass is 19.1. The lowest BCUT2D eigenvalue weighted by Gasteiger charge is -2.42. The molecule has 4 nitrogen and oxygen atoms in total. The number of phenols is 1. The second kappa shape index (κ2) is 5.88. The third-order valence-corrected chi connectivity index (χ3v) is 5.19. The molecule has 0 bridgehead atoms. The Hall–Kier alpha value is -1.62. The smallest absolute Gasteiger partial charge is 0.227 e. The predicted octanol–water partition coefficient (Wildman–Crippen LogP) is 2.23. The van der Waals surface area contributed by atoms with E-state index in [4.69, 9.17) is 0 Å². The standard InChI is InChI=1S/C17H22FNO3/c18-13-9-12(4-5-14(13)20)10-16(22)19-8-2-7-17(11-19)6-1-3-15(17)21/h4-5,9,15,20-21H,1-3,6-8,10-11H2/t15-,17-/m1/s1. The van der Waals surface area contributed by atoms with Gasteiger partial charge in [-0.3, -0.25) is 4.79 Å². The van der Waals surface area contributed by atoms with Gasteiger partial charge in [-0.1, -0.05) is 12.5 Å². The monoisotopic (exact) mass is 307 g/mol. The number of amides is 1. The first-order valence-electron chi connectivity index (χ1n) is 7.93. The van der Waals surface area contributed by atoms with Crippen LogP contribution in [0.15, 0.2) is 18.2 Å². The number of phenolic OH excluding ortho intramolecular Hbond substituents is 1. The number of aliphatic hydroxyl groups is 1. The highest BCUT2D eigenvalue weighted by Gasteiger charge is 2.45. The fraction of sp³-hybridized carbons (Fsp3) is 0.588. The molecule has 0 aromatic heterocycles. The van der Waals surface area contributed by atoms with Crippen LogP contribution < -0.4 is 0 Å². The van der Waals surface area contributed by atoms with Crippen LogP contribution in [0.5, 0.6) is 5.75 Å². The molecule has 2 fully saturated rings. The lowest BCUT2D eigenvalue weighted by Crippen LogP contribution is -2.49. The van der Waals surface area contributed by atoms with Gasteiger partial charge in [0.1, 0.15) is 0 Å². The predicted molar refractivity (Wildman–Crippen MR) is 79.9 cm³/mol. The fourth-order valence-electron chi connectivity index (χ4n) is 3.92. The molecule has 1 aromatic carbocycles. The summed E-state index contributed by atoms with van der Waals surface area (Å²) in [6.45, 7) is 1.31. The van der Waals surface area contributed by atoms with E-state index in [1.807, 2.05) is 4.90 Å². The zero-order valence-corrected chi connectivity index (χ0v) is 12.6. The van der Waals surface area contributed by atoms with Crippen LogP contribution in [0.3, 0.4) is 0 Å². The van der Waals surface area contributed by atoms with Gasteiger partial charge in [0, 0.05) is 18.5 Å². The Labute approximate surface area is 129 Å². The number of aromatic hydroxyl groups is 1. The second-order valence-electron chi connectivity index (χ2n) is 6.65. The SMILES string of the molecule is O=C(Cc1ccc(O)c(F)c1)N1CCC[C@]2(CCC[C@H]2O)C1. The number of hydrogen-bond acceptors (Lipinski definition) is 3. The number of piperidine rings is 1. The van der Waals surface area contributed by atoms with Gasteiger partial charge in [-0.15, -0.1) is 0 Å². The molecule has 2 N–H and O–H groups in total. The van der Waals surface area contributed by atoms with Crippen LogP contribution in [0.2, 0.25) is 0 Å². The second-order valence-corrected chi connectivity index (χ2v) is 6.65. The summed E-state index contributed by atoms with van der Waals surface area (Å²) in [5.74, 6) is -1.14. The largest absolute Gasteiger partial charge is 0.505 e. The van der Waals surface area contributed by atoms with Gasteiger partial charge < -0.3 is 15.1 Å². The van der Waals surface area contributed by atoms with Crippen molar-refractivity contribution in [2.24, 2.45) is 5.41 Å². The first kappa shape index (κ1) is 15.3. The zero-order valence-electron chi connectivity index (χ0n) is 12.6. The Morgan fingerprint density at radius 3 is 2.82 bits per heavy atom. The number of benzene rings is 1. The number of hydrogen-bond donors (Lipinski definition) is 2. The van der Waals surface area contributed by atoms with Gasteiger partial charge >= 0.3 is 0 Å². The number of carbonyl (C=O) groups is 1. The summed E-state index contributed by atoms with van der Waals surface area (Å²) < 4.78 is 13.4. The molecule has 22 heavy (non-hydrogen) atoms. The van der Waals surface area contributed by atoms with Gasteiger partial charge in [-0.2, -0.15) is 0 Å². The van der Waals surface area contributed by atoms with Crippen molar-refractivity contribution in [3.05, 3.63) is 29.6 Å². The van der Waals surface area contributed by atoms with Crippen LogP contribution in [0.25, 0.3) is 0 Å². The molecule has 1 aromatic rings. The van der Waals surface area contributed by atoms with Gasteiger partial charge in [0.2, 0.25) is 5.91 Å². The van der Waals surface area contributed by atoms with E-state index in [1.165, 1.54) is 12.1 Å². The number of carbonyl (C=O) groups excluding carboxylic acids is 1. The molecule has 1 heterocycles. The number of nitrogens with zero attached hydrogens (tertiary/aromatic N) is 1. The first-order chi connectivity index (χ1) is 10.5. The molecule has 0 unspecified atom stereocenters. The third kappa shape index (κ3) is 2.82. The Bertz CT molecular complexity index is 577. The summed E-state index contributed by atoms with van der Waals surface area (Å²) in [5.41, 5.74) is 0.431. The normalized spacial score (nSPS) is 28.3. The summed E-state index contributed by atoms with van der Waals surface area (Å²) in [6, 6.07) is 4.05. The summed E-state index contributed by atoms with van der Waals surface area (Å²) >= 11 is 0. The van der Waals surface area contributed by atoms with Crippen LogP contribution in [0, 0.1) is 11.2 Å². The van der Waals surface area contributed by atoms with Crippen molar-refractivity contribution in [2.45, 2.75) is 44.6 Å². The molecular formula is C17H22FNO3. The van der Waals surface area contributed by atoms with E-state index >= 15 is 0 Å². The van der Waals surface area contributed by atoms with Crippen LogP contribution in [0.4, 0.5) is 4.39 Å². The van der Waals surface area contributed by atoms with Gasteiger partial charge in [0.25, 0.3) is 0 Å². The van der Waals surface area contributed by atoms with Crippen molar-refractivity contribution in [1.82, 2.24) is 4.90 Å². The van der Waals surface area contributed by atoms with Gasteiger partial charge in [0.05, 0.1) is 12.5 Å². The number of aliphatic hydroxyl groups excluding tert-OH is 1. The van der Waals surface area contributed by atoms with Crippen molar-refractivity contribution in [3.63, 3.8) is 0 Å². The molecule has 1 saturated carbocycles. The molecule has 2 atom stereocenters. The quantitative estimate of drug-likeness (QED) is 0.881. The average Bonchev–Trinajstić information content (AvgIpc) is 2.83. The lowest BCUT2D eigenvalue weighted by atomic mass is 9.76. The minimum atomic E-state index is -0.702. The van der Waals surface area contributed by atoms with E-state index in [1.54, 1.807) is 6.07 Å². The first-order valence-corrected chi connectivity index (χ1v) is 7.93. The van der Waals surface area contributed by atoms with Crippen LogP contribution in [-0.2, 0) is 11.2 Å². The Morgan fingerprint density at radius 2 is 2.14 bits per heavy atom. The van der Waals surface area contributed by atoms with Gasteiger partial charge in [-0.05, 0) is 43.4 Å². The third-order valence-electron chi connectivity index (χ3n) is 5.19. The molecule has 5 heteroatoms. The van der Waals surface area contributed by atoms with Crippen molar-refractivity contribution < 1.29 is 19.4 Å². The molecule has 1 aliphatic carbocycles. The molecule has 2 aliphatic rings.